The zero-order valence-electron chi connectivity index (χ0n) is 14.6. The van der Waals surface area contributed by atoms with Gasteiger partial charge in [0.2, 0.25) is 11.9 Å². The number of nitrogens with zero attached hydrogens (tertiary/aromatic N) is 2. The molecule has 3 heterocycles. The maximum absolute atomic E-state index is 12.8. The highest BCUT2D eigenvalue weighted by atomic mass is 35.5. The van der Waals surface area contributed by atoms with Gasteiger partial charge in [-0.2, -0.15) is 4.98 Å². The molecule has 2 aliphatic rings. The van der Waals surface area contributed by atoms with Crippen LogP contribution in [0, 0.1) is 5.92 Å². The number of hydrogen-bond donors (Lipinski definition) is 2. The van der Waals surface area contributed by atoms with Crippen molar-refractivity contribution in [2.75, 3.05) is 23.3 Å². The highest BCUT2D eigenvalue weighted by molar-refractivity contribution is 6.30. The van der Waals surface area contributed by atoms with Crippen LogP contribution < -0.4 is 15.8 Å². The van der Waals surface area contributed by atoms with Gasteiger partial charge in [0.15, 0.2) is 0 Å². The van der Waals surface area contributed by atoms with Crippen LogP contribution in [-0.4, -0.2) is 29.0 Å². The van der Waals surface area contributed by atoms with Gasteiger partial charge in [0.05, 0.1) is 5.56 Å². The number of fused-ring (bicyclic) bond motifs is 1. The van der Waals surface area contributed by atoms with E-state index in [0.717, 1.165) is 31.5 Å². The fourth-order valence-electron chi connectivity index (χ4n) is 3.71. The average Bonchev–Trinajstić information content (AvgIpc) is 2.62. The first-order chi connectivity index (χ1) is 12.5. The van der Waals surface area contributed by atoms with E-state index in [1.807, 2.05) is 12.1 Å². The monoisotopic (exact) mass is 372 g/mol. The molecule has 1 aromatic carbocycles. The maximum Gasteiger partial charge on any atom is 0.258 e. The van der Waals surface area contributed by atoms with Gasteiger partial charge in [0.25, 0.3) is 5.56 Å². The molecule has 0 saturated carbocycles. The predicted molar refractivity (Wildman–Crippen MR) is 102 cm³/mol. The number of carbonyl (C=O) groups is 1. The number of carbonyl (C=O) groups excluding carboxylic acids is 1. The normalized spacial score (nSPS) is 20.6. The van der Waals surface area contributed by atoms with E-state index in [1.54, 1.807) is 12.1 Å². The Bertz CT molecular complexity index is 885. The number of aromatic nitrogens is 2. The Balaban J connectivity index is 1.73. The number of piperidine rings is 1. The Morgan fingerprint density at radius 2 is 1.85 bits per heavy atom. The van der Waals surface area contributed by atoms with Crippen LogP contribution >= 0.6 is 11.6 Å². The molecule has 2 aromatic rings. The van der Waals surface area contributed by atoms with E-state index in [4.69, 9.17) is 11.6 Å². The molecule has 136 valence electrons. The van der Waals surface area contributed by atoms with Crippen molar-refractivity contribution in [1.29, 1.82) is 0 Å². The van der Waals surface area contributed by atoms with E-state index in [2.05, 4.69) is 27.1 Å². The minimum Gasteiger partial charge on any atom is -0.342 e. The molecular weight excluding hydrogens is 352 g/mol. The largest absolute Gasteiger partial charge is 0.342 e. The molecule has 2 aliphatic heterocycles. The summed E-state index contributed by atoms with van der Waals surface area (Å²) in [5.74, 6) is 1.15. The zero-order valence-corrected chi connectivity index (χ0v) is 15.3. The summed E-state index contributed by atoms with van der Waals surface area (Å²) in [7, 11) is 0. The van der Waals surface area contributed by atoms with Crippen molar-refractivity contribution in [2.45, 2.75) is 32.1 Å². The maximum atomic E-state index is 12.8. The summed E-state index contributed by atoms with van der Waals surface area (Å²) >= 11 is 5.96. The van der Waals surface area contributed by atoms with Crippen LogP contribution in [0.3, 0.4) is 0 Å². The highest BCUT2D eigenvalue weighted by Crippen LogP contribution is 2.35. The number of aromatic amines is 1. The summed E-state index contributed by atoms with van der Waals surface area (Å²) in [4.78, 5) is 34.7. The fourth-order valence-corrected chi connectivity index (χ4v) is 3.84. The summed E-state index contributed by atoms with van der Waals surface area (Å²) in [6.07, 6.45) is 2.36. The minimum atomic E-state index is -0.317. The van der Waals surface area contributed by atoms with Crippen molar-refractivity contribution in [3.05, 3.63) is 50.8 Å². The van der Waals surface area contributed by atoms with Crippen molar-refractivity contribution >= 4 is 29.3 Å². The van der Waals surface area contributed by atoms with Crippen LogP contribution in [0.25, 0.3) is 0 Å². The van der Waals surface area contributed by atoms with Gasteiger partial charge >= 0.3 is 0 Å². The molecule has 6 nitrogen and oxygen atoms in total. The van der Waals surface area contributed by atoms with E-state index >= 15 is 0 Å². The molecule has 1 amide bonds. The van der Waals surface area contributed by atoms with Gasteiger partial charge in [-0.15, -0.1) is 0 Å². The number of benzene rings is 1. The molecule has 0 bridgehead atoms. The van der Waals surface area contributed by atoms with E-state index in [9.17, 15) is 9.59 Å². The lowest BCUT2D eigenvalue weighted by molar-refractivity contribution is -0.116. The van der Waals surface area contributed by atoms with Crippen molar-refractivity contribution in [2.24, 2.45) is 5.92 Å². The Labute approximate surface area is 156 Å². The third kappa shape index (κ3) is 3.21. The van der Waals surface area contributed by atoms with Crippen LogP contribution in [0.15, 0.2) is 29.1 Å². The molecule has 0 aliphatic carbocycles. The summed E-state index contributed by atoms with van der Waals surface area (Å²) in [5, 5.41) is 3.40. The van der Waals surface area contributed by atoms with E-state index in [1.165, 1.54) is 0 Å². The standard InChI is InChI=1S/C19H21ClN4O2/c1-11-6-8-24(9-7-11)19-22-17-16(18(26)23-19)14(10-15(25)21-17)12-2-4-13(20)5-3-12/h2-5,11,14H,6-10H2,1H3,(H2,21,22,23,25,26)/t14-/m1/s1. The molecule has 1 saturated heterocycles. The van der Waals surface area contributed by atoms with Crippen LogP contribution in [0.4, 0.5) is 11.8 Å². The third-order valence-corrected chi connectivity index (χ3v) is 5.55. The fraction of sp³-hybridized carbons (Fsp3) is 0.421. The van der Waals surface area contributed by atoms with Gasteiger partial charge in [0, 0.05) is 30.5 Å². The first kappa shape index (κ1) is 17.1. The van der Waals surface area contributed by atoms with Gasteiger partial charge in [0.1, 0.15) is 5.82 Å². The Hall–Kier alpha value is -2.34. The van der Waals surface area contributed by atoms with Crippen molar-refractivity contribution < 1.29 is 4.79 Å². The smallest absolute Gasteiger partial charge is 0.258 e. The lowest BCUT2D eigenvalue weighted by Gasteiger charge is -2.32. The summed E-state index contributed by atoms with van der Waals surface area (Å²) in [6, 6.07) is 7.26. The average molecular weight is 373 g/mol. The first-order valence-corrected chi connectivity index (χ1v) is 9.33. The molecule has 2 N–H and O–H groups in total. The molecule has 26 heavy (non-hydrogen) atoms. The number of rotatable bonds is 2. The highest BCUT2D eigenvalue weighted by Gasteiger charge is 2.31. The number of H-pyrrole nitrogens is 1. The second kappa shape index (κ2) is 6.76. The first-order valence-electron chi connectivity index (χ1n) is 8.95. The minimum absolute atomic E-state index is 0.131. The SMILES string of the molecule is CC1CCN(c2nc3c(c(=O)[nH]2)[C@@H](c2ccc(Cl)cc2)CC(=O)N3)CC1. The Morgan fingerprint density at radius 3 is 2.54 bits per heavy atom. The van der Waals surface area contributed by atoms with Gasteiger partial charge in [-0.25, -0.2) is 0 Å². The summed E-state index contributed by atoms with van der Waals surface area (Å²) in [6.45, 7) is 3.95. The van der Waals surface area contributed by atoms with Crippen LogP contribution in [0.5, 0.6) is 0 Å². The van der Waals surface area contributed by atoms with E-state index < -0.39 is 0 Å². The van der Waals surface area contributed by atoms with Gasteiger partial charge in [-0.05, 0) is 36.5 Å². The molecule has 0 radical (unpaired) electrons. The van der Waals surface area contributed by atoms with E-state index in [-0.39, 0.29) is 23.8 Å². The van der Waals surface area contributed by atoms with E-state index in [0.29, 0.717) is 28.3 Å². The van der Waals surface area contributed by atoms with Gasteiger partial charge in [-0.1, -0.05) is 30.7 Å². The molecule has 7 heteroatoms. The molecule has 1 fully saturated rings. The van der Waals surface area contributed by atoms with Gasteiger partial charge < -0.3 is 10.2 Å². The van der Waals surface area contributed by atoms with Crippen molar-refractivity contribution in [3.63, 3.8) is 0 Å². The summed E-state index contributed by atoms with van der Waals surface area (Å²) < 4.78 is 0. The molecule has 1 atom stereocenters. The number of halogens is 1. The van der Waals surface area contributed by atoms with Gasteiger partial charge in [-0.3, -0.25) is 14.6 Å². The molecule has 0 spiro atoms. The van der Waals surface area contributed by atoms with Crippen LogP contribution in [0.1, 0.15) is 43.2 Å². The quantitative estimate of drug-likeness (QED) is 0.848. The number of amides is 1. The Morgan fingerprint density at radius 1 is 1.15 bits per heavy atom. The lowest BCUT2D eigenvalue weighted by Crippen LogP contribution is -2.37. The number of anilines is 2. The third-order valence-electron chi connectivity index (χ3n) is 5.29. The molecule has 0 unspecified atom stereocenters. The van der Waals surface area contributed by atoms with Crippen LogP contribution in [0.2, 0.25) is 5.02 Å². The predicted octanol–water partition coefficient (Wildman–Crippen LogP) is 3.13. The topological polar surface area (TPSA) is 78.1 Å². The molecular formula is C19H21ClN4O2. The van der Waals surface area contributed by atoms with Crippen LogP contribution in [-0.2, 0) is 4.79 Å². The zero-order chi connectivity index (χ0) is 18.3. The lowest BCUT2D eigenvalue weighted by atomic mass is 9.87. The second-order valence-electron chi connectivity index (χ2n) is 7.18. The van der Waals surface area contributed by atoms with Crippen molar-refractivity contribution in [3.8, 4) is 0 Å². The number of nitrogens with one attached hydrogen (secondary N) is 2. The number of hydrogen-bond acceptors (Lipinski definition) is 4. The molecule has 1 aromatic heterocycles. The summed E-state index contributed by atoms with van der Waals surface area (Å²) in [5.41, 5.74) is 1.21. The van der Waals surface area contributed by atoms with Crippen molar-refractivity contribution in [1.82, 2.24) is 9.97 Å². The second-order valence-corrected chi connectivity index (χ2v) is 7.61. The molecule has 4 rings (SSSR count). The Kier molecular flexibility index (Phi) is 4.44.